The van der Waals surface area contributed by atoms with Crippen molar-refractivity contribution in [2.75, 3.05) is 0 Å². The molecule has 1 heterocycles. The van der Waals surface area contributed by atoms with Gasteiger partial charge in [-0.25, -0.2) is 0 Å². The Kier molecular flexibility index (Phi) is 0.607. The van der Waals surface area contributed by atoms with Crippen LogP contribution in [0.4, 0.5) is 0 Å². The zero-order valence-corrected chi connectivity index (χ0v) is 5.80. The Hall–Kier alpha value is -0.110. The van der Waals surface area contributed by atoms with Crippen molar-refractivity contribution in [1.82, 2.24) is 0 Å². The van der Waals surface area contributed by atoms with Gasteiger partial charge in [-0.05, 0) is 18.3 Å². The maximum atomic E-state index is 11.0. The Morgan fingerprint density at radius 1 is 1.22 bits per heavy atom. The number of fused-ring (bicyclic) bond motifs is 5. The van der Waals surface area contributed by atoms with E-state index in [1.807, 2.05) is 0 Å². The topological polar surface area (TPSA) is 17.1 Å². The molecule has 1 unspecified atom stereocenters. The zero-order chi connectivity index (χ0) is 6.01. The molecule has 5 atom stereocenters. The molecular formula is C7H8OS. The predicted molar refractivity (Wildman–Crippen MR) is 36.5 cm³/mol. The van der Waals surface area contributed by atoms with E-state index in [1.54, 1.807) is 0 Å². The van der Waals surface area contributed by atoms with Crippen molar-refractivity contribution < 1.29 is 4.21 Å². The van der Waals surface area contributed by atoms with E-state index in [0.29, 0.717) is 22.3 Å². The maximum absolute atomic E-state index is 11.0. The molecule has 0 N–H and O–H groups in total. The fourth-order valence-corrected chi connectivity index (χ4v) is 4.38. The second-order valence-electron chi connectivity index (χ2n) is 3.21. The van der Waals surface area contributed by atoms with Crippen molar-refractivity contribution in [1.29, 1.82) is 0 Å². The molecule has 2 bridgehead atoms. The van der Waals surface area contributed by atoms with Crippen LogP contribution in [0, 0.1) is 11.8 Å². The largest absolute Gasteiger partial charge is 0.259 e. The van der Waals surface area contributed by atoms with E-state index in [2.05, 4.69) is 12.2 Å². The van der Waals surface area contributed by atoms with Crippen molar-refractivity contribution in [3.63, 3.8) is 0 Å². The van der Waals surface area contributed by atoms with Gasteiger partial charge in [0, 0.05) is 10.8 Å². The molecule has 1 aliphatic heterocycles. The Morgan fingerprint density at radius 2 is 1.78 bits per heavy atom. The van der Waals surface area contributed by atoms with Gasteiger partial charge in [0.2, 0.25) is 0 Å². The lowest BCUT2D eigenvalue weighted by Gasteiger charge is -1.97. The van der Waals surface area contributed by atoms with Crippen LogP contribution >= 0.6 is 0 Å². The van der Waals surface area contributed by atoms with E-state index in [1.165, 1.54) is 6.42 Å². The van der Waals surface area contributed by atoms with Gasteiger partial charge >= 0.3 is 0 Å². The molecule has 3 rings (SSSR count). The van der Waals surface area contributed by atoms with Crippen molar-refractivity contribution in [3.8, 4) is 0 Å². The van der Waals surface area contributed by atoms with Crippen molar-refractivity contribution in [2.45, 2.75) is 16.9 Å². The minimum absolute atomic E-state index is 0.417. The summed E-state index contributed by atoms with van der Waals surface area (Å²) in [6.45, 7) is 0. The van der Waals surface area contributed by atoms with Crippen LogP contribution in [0.1, 0.15) is 6.42 Å². The normalized spacial score (nSPS) is 66.4. The van der Waals surface area contributed by atoms with Gasteiger partial charge in [-0.15, -0.1) is 0 Å². The third-order valence-electron chi connectivity index (χ3n) is 2.78. The molecule has 9 heavy (non-hydrogen) atoms. The average Bonchev–Trinajstić information content (AvgIpc) is 2.29. The number of allylic oxidation sites excluding steroid dienone is 2. The molecular weight excluding hydrogens is 132 g/mol. The van der Waals surface area contributed by atoms with Crippen LogP contribution < -0.4 is 0 Å². The standard InChI is InChI=1S/C7H8OS/c8-9-6-4-1-2-5(3-4)7(6)9/h1-2,4-7H,3H2/t4-,5+,6+,7-,9?. The molecule has 2 aliphatic carbocycles. The molecule has 0 amide bonds. The summed E-state index contributed by atoms with van der Waals surface area (Å²) in [5, 5.41) is 1.19. The van der Waals surface area contributed by atoms with Gasteiger partial charge in [0.15, 0.2) is 0 Å². The van der Waals surface area contributed by atoms with Crippen LogP contribution in [0.3, 0.4) is 0 Å². The highest BCUT2D eigenvalue weighted by Gasteiger charge is 2.62. The molecule has 1 nitrogen and oxygen atoms in total. The SMILES string of the molecule is O=S1[C@@H]2[C@H]1[C@H]1C=C[C@@H]2C1. The zero-order valence-electron chi connectivity index (χ0n) is 4.99. The third-order valence-corrected chi connectivity index (χ3v) is 4.82. The van der Waals surface area contributed by atoms with Crippen molar-refractivity contribution >= 4 is 10.8 Å². The van der Waals surface area contributed by atoms with Gasteiger partial charge in [0.1, 0.15) is 0 Å². The highest BCUT2D eigenvalue weighted by Crippen LogP contribution is 2.54. The first-order chi connectivity index (χ1) is 4.38. The van der Waals surface area contributed by atoms with Gasteiger partial charge in [-0.2, -0.15) is 0 Å². The summed E-state index contributed by atoms with van der Waals surface area (Å²) < 4.78 is 11.0. The summed E-state index contributed by atoms with van der Waals surface area (Å²) in [5.41, 5.74) is 0. The smallest absolute Gasteiger partial charge is 0.0563 e. The Labute approximate surface area is 56.6 Å². The molecule has 0 aromatic rings. The van der Waals surface area contributed by atoms with E-state index in [9.17, 15) is 4.21 Å². The lowest BCUT2D eigenvalue weighted by Crippen LogP contribution is -1.98. The molecule has 0 aromatic heterocycles. The Bertz CT molecular complexity index is 197. The molecule has 0 aromatic carbocycles. The van der Waals surface area contributed by atoms with Crippen LogP contribution in [0.25, 0.3) is 0 Å². The van der Waals surface area contributed by atoms with Crippen LogP contribution in [-0.2, 0) is 10.8 Å². The molecule has 2 heteroatoms. The van der Waals surface area contributed by atoms with Crippen molar-refractivity contribution in [2.24, 2.45) is 11.8 Å². The molecule has 1 saturated carbocycles. The number of hydrogen-bond acceptors (Lipinski definition) is 1. The van der Waals surface area contributed by atoms with Gasteiger partial charge in [0.25, 0.3) is 0 Å². The highest BCUT2D eigenvalue weighted by molar-refractivity contribution is 7.94. The minimum Gasteiger partial charge on any atom is -0.259 e. The fourth-order valence-electron chi connectivity index (χ4n) is 2.30. The van der Waals surface area contributed by atoms with Crippen LogP contribution in [0.15, 0.2) is 12.2 Å². The summed E-state index contributed by atoms with van der Waals surface area (Å²) in [7, 11) is -0.417. The van der Waals surface area contributed by atoms with E-state index in [0.717, 1.165) is 0 Å². The molecule has 0 radical (unpaired) electrons. The van der Waals surface area contributed by atoms with Gasteiger partial charge in [-0.1, -0.05) is 12.2 Å². The number of hydrogen-bond donors (Lipinski definition) is 0. The Balaban J connectivity index is 2.11. The first kappa shape index (κ1) is 4.67. The first-order valence-electron chi connectivity index (χ1n) is 3.45. The minimum atomic E-state index is -0.417. The molecule has 3 aliphatic rings. The fraction of sp³-hybridized carbons (Fsp3) is 0.714. The van der Waals surface area contributed by atoms with E-state index >= 15 is 0 Å². The number of rotatable bonds is 0. The maximum Gasteiger partial charge on any atom is 0.0563 e. The van der Waals surface area contributed by atoms with Crippen LogP contribution in [0.2, 0.25) is 0 Å². The second-order valence-corrected chi connectivity index (χ2v) is 4.95. The summed E-state index contributed by atoms with van der Waals surface area (Å²) in [6.07, 6.45) is 5.83. The third kappa shape index (κ3) is 0.379. The molecule has 2 fully saturated rings. The quantitative estimate of drug-likeness (QED) is 0.357. The Morgan fingerprint density at radius 3 is 2.22 bits per heavy atom. The van der Waals surface area contributed by atoms with Gasteiger partial charge < -0.3 is 0 Å². The average molecular weight is 140 g/mol. The molecule has 48 valence electrons. The lowest BCUT2D eigenvalue weighted by molar-refractivity contribution is 0.651. The van der Waals surface area contributed by atoms with Crippen LogP contribution in [-0.4, -0.2) is 14.7 Å². The summed E-state index contributed by atoms with van der Waals surface area (Å²) >= 11 is 0. The molecule has 0 spiro atoms. The first-order valence-corrected chi connectivity index (χ1v) is 4.73. The van der Waals surface area contributed by atoms with E-state index in [-0.39, 0.29) is 0 Å². The predicted octanol–water partition coefficient (Wildman–Crippen LogP) is 0.692. The highest BCUT2D eigenvalue weighted by atomic mass is 32.2. The van der Waals surface area contributed by atoms with Crippen LogP contribution in [0.5, 0.6) is 0 Å². The lowest BCUT2D eigenvalue weighted by atomic mass is 10.1. The summed E-state index contributed by atoms with van der Waals surface area (Å²) in [6, 6.07) is 0. The summed E-state index contributed by atoms with van der Waals surface area (Å²) in [4.78, 5) is 0. The van der Waals surface area contributed by atoms with Gasteiger partial charge in [0.05, 0.1) is 10.5 Å². The van der Waals surface area contributed by atoms with Crippen molar-refractivity contribution in [3.05, 3.63) is 12.2 Å². The second kappa shape index (κ2) is 1.17. The summed E-state index contributed by atoms with van der Waals surface area (Å²) in [5.74, 6) is 1.42. The monoisotopic (exact) mass is 140 g/mol. The van der Waals surface area contributed by atoms with E-state index in [4.69, 9.17) is 0 Å². The van der Waals surface area contributed by atoms with E-state index < -0.39 is 10.8 Å². The molecule has 1 saturated heterocycles. The van der Waals surface area contributed by atoms with Gasteiger partial charge in [-0.3, -0.25) is 4.21 Å².